The van der Waals surface area contributed by atoms with E-state index < -0.39 is 18.0 Å². The highest BCUT2D eigenvalue weighted by Gasteiger charge is 2.24. The van der Waals surface area contributed by atoms with Crippen molar-refractivity contribution in [3.05, 3.63) is 35.9 Å². The predicted molar refractivity (Wildman–Crippen MR) is 61.0 cm³/mol. The van der Waals surface area contributed by atoms with Gasteiger partial charge < -0.3 is 16.6 Å². The lowest BCUT2D eigenvalue weighted by atomic mass is 10.1. The average Bonchev–Trinajstić information content (AvgIpc) is 2.25. The summed E-state index contributed by atoms with van der Waals surface area (Å²) in [7, 11) is 0. The first-order chi connectivity index (χ1) is 8.00. The summed E-state index contributed by atoms with van der Waals surface area (Å²) in [6.07, 6.45) is 0.0868. The van der Waals surface area contributed by atoms with Crippen LogP contribution >= 0.6 is 0 Å². The second kappa shape index (κ2) is 5.71. The van der Waals surface area contributed by atoms with Gasteiger partial charge in [-0.2, -0.15) is 5.17 Å². The van der Waals surface area contributed by atoms with Crippen LogP contribution in [0.25, 0.3) is 0 Å². The zero-order valence-corrected chi connectivity index (χ0v) is 9.02. The van der Waals surface area contributed by atoms with E-state index >= 15 is 0 Å². The van der Waals surface area contributed by atoms with E-state index in [4.69, 9.17) is 16.6 Å². The van der Waals surface area contributed by atoms with Crippen molar-refractivity contribution in [3.8, 4) is 0 Å². The molecule has 0 fully saturated rings. The fourth-order valence-electron chi connectivity index (χ4n) is 1.29. The quantitative estimate of drug-likeness (QED) is 0.313. The van der Waals surface area contributed by atoms with Crippen molar-refractivity contribution in [2.75, 3.05) is 0 Å². The summed E-state index contributed by atoms with van der Waals surface area (Å²) >= 11 is 0. The number of carboxylic acids is 1. The lowest BCUT2D eigenvalue weighted by Gasteiger charge is -2.19. The standard InChI is InChI=1S/C10H14N4O3/c11-10(12)13-14(17)8(9(15)16)6-7-4-2-1-3-5-7/h1-5,8,17H,6H2,(H,15,16)(H4,11,12,13)/t8-/m0/s1. The molecular weight excluding hydrogens is 224 g/mol. The monoisotopic (exact) mass is 238 g/mol. The summed E-state index contributed by atoms with van der Waals surface area (Å²) in [5.41, 5.74) is 10.9. The molecule has 0 heterocycles. The Balaban J connectivity index is 2.81. The minimum absolute atomic E-state index is 0.0868. The maximum Gasteiger partial charge on any atom is 0.331 e. The molecule has 0 aromatic heterocycles. The third-order valence-corrected chi connectivity index (χ3v) is 2.05. The number of nitrogens with zero attached hydrogens (tertiary/aromatic N) is 2. The highest BCUT2D eigenvalue weighted by Crippen LogP contribution is 2.08. The molecule has 92 valence electrons. The molecule has 0 aliphatic heterocycles. The van der Waals surface area contributed by atoms with Crippen LogP contribution < -0.4 is 11.5 Å². The SMILES string of the molecule is NC(N)=NN(O)[C@@H](Cc1ccccc1)C(=O)O. The first-order valence-electron chi connectivity index (χ1n) is 4.85. The van der Waals surface area contributed by atoms with Crippen molar-refractivity contribution < 1.29 is 15.1 Å². The number of aliphatic carboxylic acids is 1. The Labute approximate surface area is 97.9 Å². The first kappa shape index (κ1) is 12.8. The number of hydroxylamine groups is 1. The van der Waals surface area contributed by atoms with E-state index in [1.807, 2.05) is 6.07 Å². The maximum absolute atomic E-state index is 11.0. The molecule has 1 atom stereocenters. The fraction of sp³-hybridized carbons (Fsp3) is 0.200. The van der Waals surface area contributed by atoms with Crippen molar-refractivity contribution >= 4 is 11.9 Å². The Morgan fingerprint density at radius 2 is 1.94 bits per heavy atom. The Morgan fingerprint density at radius 3 is 2.41 bits per heavy atom. The van der Waals surface area contributed by atoms with Crippen molar-refractivity contribution in [2.45, 2.75) is 12.5 Å². The van der Waals surface area contributed by atoms with Gasteiger partial charge in [0, 0.05) is 6.42 Å². The van der Waals surface area contributed by atoms with E-state index in [0.29, 0.717) is 0 Å². The van der Waals surface area contributed by atoms with Gasteiger partial charge in [0.25, 0.3) is 0 Å². The smallest absolute Gasteiger partial charge is 0.331 e. The molecule has 0 aliphatic carbocycles. The van der Waals surface area contributed by atoms with Crippen LogP contribution in [0.3, 0.4) is 0 Å². The normalized spacial score (nSPS) is 11.6. The third kappa shape index (κ3) is 3.99. The summed E-state index contributed by atoms with van der Waals surface area (Å²) < 4.78 is 0. The van der Waals surface area contributed by atoms with Gasteiger partial charge in [-0.15, -0.1) is 5.10 Å². The van der Waals surface area contributed by atoms with Crippen LogP contribution in [0.15, 0.2) is 35.4 Å². The summed E-state index contributed by atoms with van der Waals surface area (Å²) in [6.45, 7) is 0. The van der Waals surface area contributed by atoms with Gasteiger partial charge in [0.15, 0.2) is 6.04 Å². The molecule has 1 rings (SSSR count). The van der Waals surface area contributed by atoms with Crippen LogP contribution in [0.1, 0.15) is 5.56 Å². The zero-order chi connectivity index (χ0) is 12.8. The van der Waals surface area contributed by atoms with Crippen molar-refractivity contribution in [3.63, 3.8) is 0 Å². The van der Waals surface area contributed by atoms with Gasteiger partial charge in [0.1, 0.15) is 0 Å². The van der Waals surface area contributed by atoms with Crippen LogP contribution in [-0.4, -0.2) is 33.5 Å². The highest BCUT2D eigenvalue weighted by atomic mass is 16.5. The molecule has 0 saturated heterocycles. The van der Waals surface area contributed by atoms with Crippen LogP contribution in [0.2, 0.25) is 0 Å². The molecule has 0 bridgehead atoms. The number of hydrogen-bond donors (Lipinski definition) is 4. The van der Waals surface area contributed by atoms with Gasteiger partial charge in [-0.3, -0.25) is 5.21 Å². The topological polar surface area (TPSA) is 125 Å². The lowest BCUT2D eigenvalue weighted by molar-refractivity contribution is -0.169. The van der Waals surface area contributed by atoms with E-state index in [1.165, 1.54) is 0 Å². The third-order valence-electron chi connectivity index (χ3n) is 2.05. The molecule has 7 nitrogen and oxygen atoms in total. The van der Waals surface area contributed by atoms with Crippen LogP contribution in [0, 0.1) is 0 Å². The van der Waals surface area contributed by atoms with E-state index in [2.05, 4.69) is 5.10 Å². The molecule has 1 aromatic carbocycles. The molecule has 0 radical (unpaired) electrons. The van der Waals surface area contributed by atoms with E-state index in [0.717, 1.165) is 5.56 Å². The van der Waals surface area contributed by atoms with Crippen molar-refractivity contribution in [1.82, 2.24) is 5.17 Å². The number of rotatable bonds is 5. The second-order valence-corrected chi connectivity index (χ2v) is 3.39. The molecular formula is C10H14N4O3. The van der Waals surface area contributed by atoms with Crippen LogP contribution in [0.4, 0.5) is 0 Å². The minimum atomic E-state index is -1.24. The summed E-state index contributed by atoms with van der Waals surface area (Å²) in [4.78, 5) is 11.0. The number of guanidine groups is 1. The average molecular weight is 238 g/mol. The molecule has 1 aromatic rings. The van der Waals surface area contributed by atoms with Gasteiger partial charge in [-0.25, -0.2) is 4.79 Å². The van der Waals surface area contributed by atoms with Gasteiger partial charge in [0.05, 0.1) is 0 Å². The van der Waals surface area contributed by atoms with Crippen molar-refractivity contribution in [1.29, 1.82) is 0 Å². The van der Waals surface area contributed by atoms with Crippen LogP contribution in [-0.2, 0) is 11.2 Å². The fourth-order valence-corrected chi connectivity index (χ4v) is 1.29. The minimum Gasteiger partial charge on any atom is -0.480 e. The number of hydrazone groups is 1. The zero-order valence-electron chi connectivity index (χ0n) is 9.02. The molecule has 7 heteroatoms. The van der Waals surface area contributed by atoms with Gasteiger partial charge in [0.2, 0.25) is 5.96 Å². The highest BCUT2D eigenvalue weighted by molar-refractivity contribution is 5.76. The summed E-state index contributed by atoms with van der Waals surface area (Å²) in [6, 6.07) is 7.62. The number of carbonyl (C=O) groups is 1. The largest absolute Gasteiger partial charge is 0.480 e. The number of carboxylic acid groups (broad SMARTS) is 1. The molecule has 0 unspecified atom stereocenters. The number of hydrogen-bond acceptors (Lipinski definition) is 4. The maximum atomic E-state index is 11.0. The Bertz CT molecular complexity index is 403. The lowest BCUT2D eigenvalue weighted by Crippen LogP contribution is -2.40. The first-order valence-corrected chi connectivity index (χ1v) is 4.85. The molecule has 6 N–H and O–H groups in total. The van der Waals surface area contributed by atoms with Gasteiger partial charge in [-0.1, -0.05) is 30.3 Å². The molecule has 0 spiro atoms. The van der Waals surface area contributed by atoms with Crippen molar-refractivity contribution in [2.24, 2.45) is 16.6 Å². The van der Waals surface area contributed by atoms with Gasteiger partial charge >= 0.3 is 5.97 Å². The Hall–Kier alpha value is -2.28. The Morgan fingerprint density at radius 1 is 1.35 bits per heavy atom. The summed E-state index contributed by atoms with van der Waals surface area (Å²) in [5.74, 6) is -1.63. The predicted octanol–water partition coefficient (Wildman–Crippen LogP) is -0.438. The molecule has 0 aliphatic rings. The van der Waals surface area contributed by atoms with Gasteiger partial charge in [-0.05, 0) is 5.56 Å². The molecule has 0 saturated carbocycles. The number of benzene rings is 1. The molecule has 0 amide bonds. The van der Waals surface area contributed by atoms with Crippen LogP contribution in [0.5, 0.6) is 0 Å². The molecule has 17 heavy (non-hydrogen) atoms. The van der Waals surface area contributed by atoms with E-state index in [-0.39, 0.29) is 11.6 Å². The second-order valence-electron chi connectivity index (χ2n) is 3.39. The van der Waals surface area contributed by atoms with E-state index in [1.54, 1.807) is 24.3 Å². The van der Waals surface area contributed by atoms with E-state index in [9.17, 15) is 10.0 Å². The summed E-state index contributed by atoms with van der Waals surface area (Å²) in [5, 5.41) is 21.9. The number of nitrogens with two attached hydrogens (primary N) is 2. The Kier molecular flexibility index (Phi) is 4.29.